The number of fused-ring (bicyclic) bond motifs is 2. The molecular weight excluding hydrogens is 456 g/mol. The van der Waals surface area contributed by atoms with Gasteiger partial charge < -0.3 is 15.0 Å². The number of aryl methyl sites for hydroxylation is 1. The molecule has 0 radical (unpaired) electrons. The Labute approximate surface area is 209 Å². The molecule has 4 nitrogen and oxygen atoms in total. The quantitative estimate of drug-likeness (QED) is 0.237. The van der Waals surface area contributed by atoms with Gasteiger partial charge in [-0.25, -0.2) is 4.79 Å². The number of aromatic amines is 1. The van der Waals surface area contributed by atoms with E-state index in [1.54, 1.807) is 0 Å². The highest BCUT2D eigenvalue weighted by Gasteiger charge is 2.20. The van der Waals surface area contributed by atoms with Crippen LogP contribution in [0.4, 0.5) is 5.69 Å². The summed E-state index contributed by atoms with van der Waals surface area (Å²) in [7, 11) is 0. The van der Waals surface area contributed by atoms with Gasteiger partial charge in [-0.05, 0) is 42.8 Å². The summed E-state index contributed by atoms with van der Waals surface area (Å²) in [5.74, 6) is -0.942. The largest absolute Gasteiger partial charge is 0.477 e. The predicted molar refractivity (Wildman–Crippen MR) is 146 cm³/mol. The number of para-hydroxylation sites is 1. The zero-order chi connectivity index (χ0) is 24.4. The Hall–Kier alpha value is -3.76. The Morgan fingerprint density at radius 1 is 0.886 bits per heavy atom. The Kier molecular flexibility index (Phi) is 6.47. The summed E-state index contributed by atoms with van der Waals surface area (Å²) in [6, 6.07) is 28.4. The Morgan fingerprint density at radius 2 is 1.57 bits per heavy atom. The summed E-state index contributed by atoms with van der Waals surface area (Å²) < 4.78 is 0. The zero-order valence-electron chi connectivity index (χ0n) is 19.6. The maximum Gasteiger partial charge on any atom is 0.352 e. The third-order valence-electron chi connectivity index (χ3n) is 6.66. The van der Waals surface area contributed by atoms with Crippen molar-refractivity contribution in [3.63, 3.8) is 0 Å². The fourth-order valence-electron chi connectivity index (χ4n) is 5.00. The highest BCUT2D eigenvalue weighted by Crippen LogP contribution is 2.36. The molecule has 5 aromatic rings. The molecule has 0 aliphatic carbocycles. The van der Waals surface area contributed by atoms with E-state index in [0.717, 1.165) is 47.1 Å². The standard InChI is InChI=1S/C30H27ClN2O2/c1-2-33(27-18-7-11-20-10-3-4-12-21(20)27)19-9-16-25-24-15-8-14-23(22-13-5-6-17-26(22)31)28(24)32-29(25)30(34)35/h3-8,10-15,17-18,32H,2,9,16,19H2,1H3,(H,34,35). The summed E-state index contributed by atoms with van der Waals surface area (Å²) in [6.45, 7) is 3.87. The van der Waals surface area contributed by atoms with Gasteiger partial charge in [-0.1, -0.05) is 84.4 Å². The van der Waals surface area contributed by atoms with Crippen LogP contribution in [0.3, 0.4) is 0 Å². The number of carbonyl (C=O) groups is 1. The molecule has 0 unspecified atom stereocenters. The molecule has 1 aromatic heterocycles. The molecule has 0 bridgehead atoms. The highest BCUT2D eigenvalue weighted by atomic mass is 35.5. The summed E-state index contributed by atoms with van der Waals surface area (Å²) in [6.07, 6.45) is 1.50. The molecule has 176 valence electrons. The van der Waals surface area contributed by atoms with Crippen LogP contribution in [0.5, 0.6) is 0 Å². The SMILES string of the molecule is CCN(CCCc1c(C(=O)O)[nH]c2c(-c3ccccc3Cl)cccc12)c1cccc2ccccc12. The molecule has 0 spiro atoms. The van der Waals surface area contributed by atoms with Gasteiger partial charge >= 0.3 is 5.97 Å². The van der Waals surface area contributed by atoms with E-state index in [2.05, 4.69) is 59.3 Å². The first-order valence-corrected chi connectivity index (χ1v) is 12.3. The van der Waals surface area contributed by atoms with Crippen molar-refractivity contribution < 1.29 is 9.90 Å². The number of nitrogens with one attached hydrogen (secondary N) is 1. The van der Waals surface area contributed by atoms with Crippen molar-refractivity contribution in [2.75, 3.05) is 18.0 Å². The maximum absolute atomic E-state index is 12.2. The fourth-order valence-corrected chi connectivity index (χ4v) is 5.24. The number of rotatable bonds is 8. The molecule has 5 heteroatoms. The maximum atomic E-state index is 12.2. The van der Waals surface area contributed by atoms with Gasteiger partial charge in [0.15, 0.2) is 0 Å². The van der Waals surface area contributed by atoms with Crippen LogP contribution in [-0.4, -0.2) is 29.1 Å². The number of anilines is 1. The normalized spacial score (nSPS) is 11.3. The van der Waals surface area contributed by atoms with Gasteiger partial charge in [-0.15, -0.1) is 0 Å². The van der Waals surface area contributed by atoms with Gasteiger partial charge in [0.2, 0.25) is 0 Å². The van der Waals surface area contributed by atoms with Crippen LogP contribution in [-0.2, 0) is 6.42 Å². The molecule has 35 heavy (non-hydrogen) atoms. The minimum atomic E-state index is -0.942. The second kappa shape index (κ2) is 9.85. The summed E-state index contributed by atoms with van der Waals surface area (Å²) >= 11 is 6.47. The predicted octanol–water partition coefficient (Wildman–Crippen LogP) is 7.80. The molecule has 5 rings (SSSR count). The van der Waals surface area contributed by atoms with Crippen LogP contribution < -0.4 is 4.90 Å². The van der Waals surface area contributed by atoms with Crippen molar-refractivity contribution in [2.45, 2.75) is 19.8 Å². The number of carboxylic acid groups (broad SMARTS) is 1. The Balaban J connectivity index is 1.46. The van der Waals surface area contributed by atoms with Crippen molar-refractivity contribution in [1.82, 2.24) is 4.98 Å². The molecule has 0 saturated heterocycles. The molecule has 0 aliphatic rings. The molecular formula is C30H27ClN2O2. The lowest BCUT2D eigenvalue weighted by atomic mass is 9.99. The lowest BCUT2D eigenvalue weighted by molar-refractivity contribution is 0.0690. The summed E-state index contributed by atoms with van der Waals surface area (Å²) in [4.78, 5) is 17.7. The van der Waals surface area contributed by atoms with Gasteiger partial charge in [0.1, 0.15) is 5.69 Å². The minimum Gasteiger partial charge on any atom is -0.477 e. The number of aromatic nitrogens is 1. The van der Waals surface area contributed by atoms with E-state index in [0.29, 0.717) is 11.4 Å². The Morgan fingerprint density at radius 3 is 2.37 bits per heavy atom. The van der Waals surface area contributed by atoms with E-state index in [-0.39, 0.29) is 5.69 Å². The smallest absolute Gasteiger partial charge is 0.352 e. The van der Waals surface area contributed by atoms with Crippen molar-refractivity contribution in [3.05, 3.63) is 101 Å². The van der Waals surface area contributed by atoms with Gasteiger partial charge in [-0.3, -0.25) is 0 Å². The first-order valence-electron chi connectivity index (χ1n) is 11.9. The topological polar surface area (TPSA) is 56.3 Å². The zero-order valence-corrected chi connectivity index (χ0v) is 20.3. The number of benzene rings is 4. The average molecular weight is 483 g/mol. The monoisotopic (exact) mass is 482 g/mol. The Bertz CT molecular complexity index is 1520. The van der Waals surface area contributed by atoms with Crippen LogP contribution in [0.1, 0.15) is 29.4 Å². The first kappa shape index (κ1) is 23.0. The van der Waals surface area contributed by atoms with Crippen LogP contribution in [0.15, 0.2) is 84.9 Å². The van der Waals surface area contributed by atoms with E-state index in [4.69, 9.17) is 11.6 Å². The van der Waals surface area contributed by atoms with Gasteiger partial charge in [0, 0.05) is 45.7 Å². The first-order chi connectivity index (χ1) is 17.1. The molecule has 4 aromatic carbocycles. The van der Waals surface area contributed by atoms with Gasteiger partial charge in [0.25, 0.3) is 0 Å². The molecule has 0 saturated carbocycles. The average Bonchev–Trinajstić information content (AvgIpc) is 3.26. The molecule has 1 heterocycles. The van der Waals surface area contributed by atoms with Crippen LogP contribution >= 0.6 is 11.6 Å². The highest BCUT2D eigenvalue weighted by molar-refractivity contribution is 6.33. The van der Waals surface area contributed by atoms with E-state index >= 15 is 0 Å². The fraction of sp³-hybridized carbons (Fsp3) is 0.167. The second-order valence-electron chi connectivity index (χ2n) is 8.67. The molecule has 0 aliphatic heterocycles. The minimum absolute atomic E-state index is 0.257. The number of carboxylic acids is 1. The molecule has 2 N–H and O–H groups in total. The number of halogens is 1. The molecule has 0 fully saturated rings. The molecule has 0 atom stereocenters. The van der Waals surface area contributed by atoms with Gasteiger partial charge in [-0.2, -0.15) is 0 Å². The summed E-state index contributed by atoms with van der Waals surface area (Å²) in [5.41, 5.74) is 4.92. The number of hydrogen-bond donors (Lipinski definition) is 2. The van der Waals surface area contributed by atoms with Crippen LogP contribution in [0.2, 0.25) is 5.02 Å². The van der Waals surface area contributed by atoms with Crippen molar-refractivity contribution in [3.8, 4) is 11.1 Å². The second-order valence-corrected chi connectivity index (χ2v) is 9.08. The van der Waals surface area contributed by atoms with E-state index < -0.39 is 5.97 Å². The van der Waals surface area contributed by atoms with Crippen LogP contribution in [0.25, 0.3) is 32.8 Å². The number of aromatic carboxylic acids is 1. The van der Waals surface area contributed by atoms with Crippen molar-refractivity contribution >= 4 is 44.9 Å². The lowest BCUT2D eigenvalue weighted by Gasteiger charge is -2.25. The van der Waals surface area contributed by atoms with Crippen molar-refractivity contribution in [2.24, 2.45) is 0 Å². The van der Waals surface area contributed by atoms with Crippen molar-refractivity contribution in [1.29, 1.82) is 0 Å². The van der Waals surface area contributed by atoms with E-state index in [1.807, 2.05) is 42.5 Å². The number of H-pyrrole nitrogens is 1. The van der Waals surface area contributed by atoms with Gasteiger partial charge in [0.05, 0.1) is 5.52 Å². The number of hydrogen-bond acceptors (Lipinski definition) is 2. The third-order valence-corrected chi connectivity index (χ3v) is 6.99. The number of nitrogens with zero attached hydrogens (tertiary/aromatic N) is 1. The van der Waals surface area contributed by atoms with Crippen LogP contribution in [0, 0.1) is 0 Å². The summed E-state index contributed by atoms with van der Waals surface area (Å²) in [5, 5.41) is 14.0. The third kappa shape index (κ3) is 4.38. The van der Waals surface area contributed by atoms with E-state index in [1.165, 1.54) is 16.5 Å². The molecule has 0 amide bonds. The van der Waals surface area contributed by atoms with E-state index in [9.17, 15) is 9.90 Å². The lowest BCUT2D eigenvalue weighted by Crippen LogP contribution is -2.24.